The number of benzene rings is 2. The molecule has 2 aromatic rings. The topological polar surface area (TPSA) is 80.6 Å². The van der Waals surface area contributed by atoms with Gasteiger partial charge in [-0.15, -0.1) is 4.72 Å². The van der Waals surface area contributed by atoms with Gasteiger partial charge in [-0.3, -0.25) is 4.90 Å². The number of rotatable bonds is 11. The molecule has 6 nitrogen and oxygen atoms in total. The number of nitriles is 1. The average molecular weight is 582 g/mol. The molecule has 3 atom stereocenters. The molecule has 0 aromatic heterocycles. The highest BCUT2D eigenvalue weighted by Gasteiger charge is 2.59. The summed E-state index contributed by atoms with van der Waals surface area (Å²) in [5.74, 6) is 1.07. The molecule has 1 aliphatic carbocycles. The molecule has 4 rings (SSSR count). The predicted molar refractivity (Wildman–Crippen MR) is 166 cm³/mol. The quantitative estimate of drug-likeness (QED) is 0.180. The number of hydrogen-bond acceptors (Lipinski definition) is 6. The summed E-state index contributed by atoms with van der Waals surface area (Å²) in [5, 5.41) is 9.67. The molecule has 3 unspecified atom stereocenters. The van der Waals surface area contributed by atoms with Gasteiger partial charge in [-0.2, -0.15) is 5.26 Å². The zero-order chi connectivity index (χ0) is 29.5. The van der Waals surface area contributed by atoms with Crippen LogP contribution in [0.25, 0.3) is 0 Å². The molecule has 1 N–H and O–H groups in total. The van der Waals surface area contributed by atoms with Crippen molar-refractivity contribution in [3.05, 3.63) is 63.7 Å². The SMILES string of the molecule is COc1cc(C)cc(C)c1C(N[S+]([O-])C(C)(C)C)(C1CC1)N1Cc2cc(C#N)ccc2C1COCC[Si](C)(C)C. The van der Waals surface area contributed by atoms with Crippen molar-refractivity contribution in [3.63, 3.8) is 0 Å². The fourth-order valence-electron chi connectivity index (χ4n) is 5.87. The van der Waals surface area contributed by atoms with Gasteiger partial charge in [-0.1, -0.05) is 31.8 Å². The van der Waals surface area contributed by atoms with Gasteiger partial charge in [0, 0.05) is 38.2 Å². The van der Waals surface area contributed by atoms with Crippen molar-refractivity contribution in [2.75, 3.05) is 20.3 Å². The molecule has 2 aromatic carbocycles. The van der Waals surface area contributed by atoms with E-state index in [0.717, 1.165) is 53.5 Å². The summed E-state index contributed by atoms with van der Waals surface area (Å²) in [6.07, 6.45) is 2.06. The van der Waals surface area contributed by atoms with Gasteiger partial charge in [-0.25, -0.2) is 0 Å². The minimum Gasteiger partial charge on any atom is -0.598 e. The molecule has 1 fully saturated rings. The normalized spacial score (nSPS) is 20.1. The third-order valence-corrected chi connectivity index (χ3v) is 11.4. The number of fused-ring (bicyclic) bond motifs is 1. The second-order valence-electron chi connectivity index (χ2n) is 13.7. The summed E-state index contributed by atoms with van der Waals surface area (Å²) >= 11 is -1.35. The highest BCUT2D eigenvalue weighted by molar-refractivity contribution is 7.90. The lowest BCUT2D eigenvalue weighted by Crippen LogP contribution is -2.62. The smallest absolute Gasteiger partial charge is 0.148 e. The maximum atomic E-state index is 14.0. The number of ether oxygens (including phenoxy) is 2. The van der Waals surface area contributed by atoms with Crippen molar-refractivity contribution in [2.45, 2.75) is 96.1 Å². The fourth-order valence-corrected chi connectivity index (χ4v) is 7.60. The molecule has 0 radical (unpaired) electrons. The summed E-state index contributed by atoms with van der Waals surface area (Å²) < 4.78 is 29.8. The Morgan fingerprint density at radius 1 is 1.15 bits per heavy atom. The van der Waals surface area contributed by atoms with Gasteiger partial charge >= 0.3 is 0 Å². The lowest BCUT2D eigenvalue weighted by Gasteiger charge is -2.47. The number of methoxy groups -OCH3 is 1. The minimum absolute atomic E-state index is 0.0557. The van der Waals surface area contributed by atoms with Crippen molar-refractivity contribution in [1.29, 1.82) is 5.26 Å². The third kappa shape index (κ3) is 6.45. The van der Waals surface area contributed by atoms with E-state index in [-0.39, 0.29) is 12.0 Å². The van der Waals surface area contributed by atoms with Crippen LogP contribution in [0, 0.1) is 31.1 Å². The number of nitrogens with zero attached hydrogens (tertiary/aromatic N) is 2. The Kier molecular flexibility index (Phi) is 9.16. The van der Waals surface area contributed by atoms with Gasteiger partial charge < -0.3 is 14.0 Å². The predicted octanol–water partition coefficient (Wildman–Crippen LogP) is 6.71. The molecule has 0 spiro atoms. The minimum atomic E-state index is -1.35. The molecule has 2 aliphatic rings. The molecule has 0 saturated heterocycles. The highest BCUT2D eigenvalue weighted by Crippen LogP contribution is 2.56. The Bertz CT molecular complexity index is 1260. The first-order valence-electron chi connectivity index (χ1n) is 14.4. The standard InChI is InChI=1S/C32H47N3O3SSi/c1-22-16-23(2)30(29(17-22)37-6)32(26-11-12-26,34-39(36)31(3,4)5)35-20-25-18-24(19-33)10-13-27(25)28(35)21-38-14-15-40(7,8)9/h10,13,16-18,26,28,34H,11-12,14-15,20-21H2,1-9H3. The van der Waals surface area contributed by atoms with Crippen molar-refractivity contribution >= 4 is 19.4 Å². The van der Waals surface area contributed by atoms with E-state index in [4.69, 9.17) is 9.47 Å². The fraction of sp³-hybridized carbons (Fsp3) is 0.594. The summed E-state index contributed by atoms with van der Waals surface area (Å²) in [5.41, 5.74) is 5.55. The first-order valence-corrected chi connectivity index (χ1v) is 19.3. The van der Waals surface area contributed by atoms with E-state index in [1.165, 1.54) is 5.56 Å². The molecule has 40 heavy (non-hydrogen) atoms. The van der Waals surface area contributed by atoms with Crippen LogP contribution < -0.4 is 9.46 Å². The van der Waals surface area contributed by atoms with E-state index in [1.807, 2.05) is 32.9 Å². The third-order valence-electron chi connectivity index (χ3n) is 8.09. The Hall–Kier alpha value is -1.86. The summed E-state index contributed by atoms with van der Waals surface area (Å²) in [6, 6.07) is 13.7. The lowest BCUT2D eigenvalue weighted by molar-refractivity contribution is -0.0241. The van der Waals surface area contributed by atoms with Gasteiger partial charge in [0.15, 0.2) is 0 Å². The monoisotopic (exact) mass is 581 g/mol. The Labute approximate surface area is 245 Å². The van der Waals surface area contributed by atoms with Gasteiger partial charge in [0.25, 0.3) is 0 Å². The van der Waals surface area contributed by atoms with E-state index < -0.39 is 29.8 Å². The Morgan fingerprint density at radius 3 is 2.42 bits per heavy atom. The van der Waals surface area contributed by atoms with Gasteiger partial charge in [0.1, 0.15) is 16.2 Å². The Morgan fingerprint density at radius 2 is 1.85 bits per heavy atom. The first kappa shape index (κ1) is 31.1. The van der Waals surface area contributed by atoms with Gasteiger partial charge in [0.2, 0.25) is 0 Å². The van der Waals surface area contributed by atoms with Crippen molar-refractivity contribution in [3.8, 4) is 11.8 Å². The van der Waals surface area contributed by atoms with Crippen LogP contribution in [0.2, 0.25) is 25.7 Å². The highest BCUT2D eigenvalue weighted by atomic mass is 32.2. The number of nitrogens with one attached hydrogen (secondary N) is 1. The van der Waals surface area contributed by atoms with Crippen LogP contribution in [0.15, 0.2) is 30.3 Å². The molecule has 8 heteroatoms. The van der Waals surface area contributed by atoms with Crippen LogP contribution in [-0.4, -0.2) is 42.6 Å². The average Bonchev–Trinajstić information content (AvgIpc) is 3.65. The molecule has 218 valence electrons. The van der Waals surface area contributed by atoms with Crippen LogP contribution in [0.5, 0.6) is 5.75 Å². The van der Waals surface area contributed by atoms with E-state index in [1.54, 1.807) is 7.11 Å². The van der Waals surface area contributed by atoms with Crippen molar-refractivity contribution < 1.29 is 14.0 Å². The lowest BCUT2D eigenvalue weighted by atomic mass is 9.86. The molecule has 1 heterocycles. The van der Waals surface area contributed by atoms with Crippen LogP contribution in [0.1, 0.15) is 73.0 Å². The molecule has 0 bridgehead atoms. The van der Waals surface area contributed by atoms with Crippen LogP contribution >= 0.6 is 0 Å². The van der Waals surface area contributed by atoms with E-state index in [2.05, 4.69) is 67.4 Å². The largest absolute Gasteiger partial charge is 0.598 e. The van der Waals surface area contributed by atoms with Gasteiger partial charge in [0.05, 0.1) is 31.4 Å². The maximum Gasteiger partial charge on any atom is 0.148 e. The van der Waals surface area contributed by atoms with Crippen LogP contribution in [-0.2, 0) is 28.3 Å². The first-order chi connectivity index (χ1) is 18.7. The van der Waals surface area contributed by atoms with Crippen molar-refractivity contribution in [1.82, 2.24) is 9.62 Å². The zero-order valence-corrected chi connectivity index (χ0v) is 27.6. The molecular weight excluding hydrogens is 535 g/mol. The maximum absolute atomic E-state index is 14.0. The molecule has 0 amide bonds. The number of hydrogen-bond donors (Lipinski definition) is 1. The molecular formula is C32H47N3O3SSi. The molecule has 1 saturated carbocycles. The number of aryl methyl sites for hydroxylation is 2. The summed E-state index contributed by atoms with van der Waals surface area (Å²) in [4.78, 5) is 2.48. The van der Waals surface area contributed by atoms with E-state index in [0.29, 0.717) is 18.7 Å². The summed E-state index contributed by atoms with van der Waals surface area (Å²) in [6.45, 7) is 19.3. The second-order valence-corrected chi connectivity index (χ2v) is 21.3. The van der Waals surface area contributed by atoms with Crippen molar-refractivity contribution in [2.24, 2.45) is 5.92 Å². The van der Waals surface area contributed by atoms with E-state index >= 15 is 0 Å². The van der Waals surface area contributed by atoms with Crippen LogP contribution in [0.4, 0.5) is 0 Å². The van der Waals surface area contributed by atoms with Crippen LogP contribution in [0.3, 0.4) is 0 Å². The van der Waals surface area contributed by atoms with Gasteiger partial charge in [-0.05, 0) is 99.9 Å². The second kappa shape index (κ2) is 11.8. The summed E-state index contributed by atoms with van der Waals surface area (Å²) in [7, 11) is 0.483. The van der Waals surface area contributed by atoms with E-state index in [9.17, 15) is 9.81 Å². The Balaban J connectivity index is 1.89. The zero-order valence-electron chi connectivity index (χ0n) is 25.8. The molecule has 1 aliphatic heterocycles.